The van der Waals surface area contributed by atoms with Crippen molar-refractivity contribution in [2.24, 2.45) is 0 Å². The lowest BCUT2D eigenvalue weighted by atomic mass is 10.2. The summed E-state index contributed by atoms with van der Waals surface area (Å²) in [4.78, 5) is 12.1. The molecule has 1 amide bonds. The monoisotopic (exact) mass is 342 g/mol. The van der Waals surface area contributed by atoms with Crippen molar-refractivity contribution in [3.8, 4) is 5.75 Å². The number of carbonyl (C=O) groups excluding carboxylic acids is 1. The minimum Gasteiger partial charge on any atom is -0.497 e. The average Bonchev–Trinajstić information content (AvgIpc) is 3.21. The molecule has 1 aliphatic carbocycles. The van der Waals surface area contributed by atoms with Gasteiger partial charge in [-0.05, 0) is 37.1 Å². The van der Waals surface area contributed by atoms with Crippen molar-refractivity contribution < 1.29 is 9.53 Å². The first-order valence-corrected chi connectivity index (χ1v) is 8.81. The fourth-order valence-electron chi connectivity index (χ4n) is 2.68. The van der Waals surface area contributed by atoms with Crippen molar-refractivity contribution in [3.05, 3.63) is 35.5 Å². The van der Waals surface area contributed by atoms with Crippen LogP contribution in [0.5, 0.6) is 5.75 Å². The van der Waals surface area contributed by atoms with E-state index in [4.69, 9.17) is 4.74 Å². The molecule has 0 aliphatic heterocycles. The molecule has 4 rings (SSSR count). The highest BCUT2D eigenvalue weighted by atomic mass is 32.1. The van der Waals surface area contributed by atoms with Gasteiger partial charge in [-0.25, -0.2) is 0 Å². The van der Waals surface area contributed by atoms with Gasteiger partial charge in [-0.2, -0.15) is 0 Å². The van der Waals surface area contributed by atoms with E-state index < -0.39 is 0 Å². The van der Waals surface area contributed by atoms with Crippen molar-refractivity contribution in [1.29, 1.82) is 0 Å². The normalized spacial score (nSPS) is 14.0. The molecule has 3 aromatic rings. The smallest absolute Gasteiger partial charge is 0.227 e. The second-order valence-electron chi connectivity index (χ2n) is 5.95. The lowest BCUT2D eigenvalue weighted by Gasteiger charge is -2.06. The van der Waals surface area contributed by atoms with Gasteiger partial charge < -0.3 is 14.6 Å². The highest BCUT2D eigenvalue weighted by molar-refractivity contribution is 7.15. The van der Waals surface area contributed by atoms with Gasteiger partial charge >= 0.3 is 0 Å². The minimum absolute atomic E-state index is 0.0381. The molecule has 1 aromatic carbocycles. The largest absolute Gasteiger partial charge is 0.497 e. The Morgan fingerprint density at radius 3 is 3.04 bits per heavy atom. The Morgan fingerprint density at radius 1 is 1.38 bits per heavy atom. The van der Waals surface area contributed by atoms with Crippen LogP contribution in [0.4, 0.5) is 5.13 Å². The first-order chi connectivity index (χ1) is 11.7. The summed E-state index contributed by atoms with van der Waals surface area (Å²) >= 11 is 1.49. The molecule has 0 spiro atoms. The van der Waals surface area contributed by atoms with Crippen LogP contribution >= 0.6 is 11.3 Å². The number of amides is 1. The van der Waals surface area contributed by atoms with Crippen molar-refractivity contribution in [2.75, 3.05) is 12.4 Å². The van der Waals surface area contributed by atoms with Gasteiger partial charge in [0.1, 0.15) is 10.8 Å². The molecule has 1 fully saturated rings. The number of aromatic nitrogens is 3. The molecule has 6 nitrogen and oxygen atoms in total. The van der Waals surface area contributed by atoms with Crippen LogP contribution in [0.3, 0.4) is 0 Å². The number of fused-ring (bicyclic) bond motifs is 1. The highest BCUT2D eigenvalue weighted by Gasteiger charge is 2.27. The Labute approximate surface area is 143 Å². The van der Waals surface area contributed by atoms with E-state index in [0.717, 1.165) is 21.7 Å². The fraction of sp³-hybridized carbons (Fsp3) is 0.353. The van der Waals surface area contributed by atoms with E-state index in [-0.39, 0.29) is 5.91 Å². The van der Waals surface area contributed by atoms with E-state index in [1.54, 1.807) is 7.11 Å². The maximum absolute atomic E-state index is 12.1. The second kappa shape index (κ2) is 6.24. The summed E-state index contributed by atoms with van der Waals surface area (Å²) in [6.45, 7) is 0.621. The molecule has 1 saturated carbocycles. The van der Waals surface area contributed by atoms with Gasteiger partial charge in [0.15, 0.2) is 0 Å². The van der Waals surface area contributed by atoms with Crippen molar-refractivity contribution >= 4 is 33.3 Å². The highest BCUT2D eigenvalue weighted by Crippen LogP contribution is 2.42. The third-order valence-electron chi connectivity index (χ3n) is 4.17. The van der Waals surface area contributed by atoms with E-state index in [1.807, 2.05) is 30.5 Å². The van der Waals surface area contributed by atoms with Crippen LogP contribution in [0.25, 0.3) is 10.9 Å². The Morgan fingerprint density at radius 2 is 2.25 bits per heavy atom. The van der Waals surface area contributed by atoms with Gasteiger partial charge in [0.05, 0.1) is 7.11 Å². The van der Waals surface area contributed by atoms with E-state index in [9.17, 15) is 4.79 Å². The van der Waals surface area contributed by atoms with E-state index in [2.05, 4.69) is 20.1 Å². The lowest BCUT2D eigenvalue weighted by molar-refractivity contribution is -0.116. The molecule has 24 heavy (non-hydrogen) atoms. The zero-order valence-electron chi connectivity index (χ0n) is 13.4. The van der Waals surface area contributed by atoms with Crippen LogP contribution in [0.1, 0.15) is 30.2 Å². The summed E-state index contributed by atoms with van der Waals surface area (Å²) in [6, 6.07) is 7.97. The van der Waals surface area contributed by atoms with Crippen molar-refractivity contribution in [2.45, 2.75) is 31.7 Å². The van der Waals surface area contributed by atoms with Crippen LogP contribution < -0.4 is 10.1 Å². The number of nitrogens with one attached hydrogen (secondary N) is 1. The predicted molar refractivity (Wildman–Crippen MR) is 93.6 cm³/mol. The molecular weight excluding hydrogens is 324 g/mol. The Kier molecular flexibility index (Phi) is 3.93. The number of nitrogens with zero attached hydrogens (tertiary/aromatic N) is 3. The summed E-state index contributed by atoms with van der Waals surface area (Å²) in [6.07, 6.45) is 4.77. The molecule has 0 bridgehead atoms. The first-order valence-electron chi connectivity index (χ1n) is 7.99. The number of aryl methyl sites for hydroxylation is 1. The molecule has 0 atom stereocenters. The van der Waals surface area contributed by atoms with Crippen molar-refractivity contribution in [3.63, 3.8) is 0 Å². The zero-order valence-corrected chi connectivity index (χ0v) is 14.2. The number of ether oxygens (including phenoxy) is 1. The topological polar surface area (TPSA) is 69.0 Å². The number of methoxy groups -OCH3 is 1. The molecule has 1 aliphatic rings. The average molecular weight is 342 g/mol. The minimum atomic E-state index is -0.0381. The van der Waals surface area contributed by atoms with Crippen LogP contribution in [-0.2, 0) is 11.3 Å². The van der Waals surface area contributed by atoms with Crippen LogP contribution in [-0.4, -0.2) is 27.8 Å². The van der Waals surface area contributed by atoms with Gasteiger partial charge in [0.2, 0.25) is 11.0 Å². The standard InChI is InChI=1S/C17H18N4O2S/c1-23-13-4-5-14-12(10-13)6-8-21(14)9-7-15(22)18-17-20-19-16(24-17)11-2-3-11/h4-6,8,10-11H,2-3,7,9H2,1H3,(H,18,20,22). The summed E-state index contributed by atoms with van der Waals surface area (Å²) in [7, 11) is 1.66. The number of benzene rings is 1. The molecule has 2 aromatic heterocycles. The van der Waals surface area contributed by atoms with Gasteiger partial charge in [0, 0.05) is 36.0 Å². The van der Waals surface area contributed by atoms with Gasteiger partial charge in [-0.15, -0.1) is 10.2 Å². The van der Waals surface area contributed by atoms with E-state index in [1.165, 1.54) is 24.2 Å². The number of hydrogen-bond donors (Lipinski definition) is 1. The number of rotatable bonds is 6. The van der Waals surface area contributed by atoms with Crippen LogP contribution in [0.2, 0.25) is 0 Å². The first kappa shape index (κ1) is 15.1. The summed E-state index contributed by atoms with van der Waals surface area (Å²) < 4.78 is 7.31. The third-order valence-corrected chi connectivity index (χ3v) is 5.17. The molecule has 124 valence electrons. The maximum Gasteiger partial charge on any atom is 0.227 e. The quantitative estimate of drug-likeness (QED) is 0.745. The lowest BCUT2D eigenvalue weighted by Crippen LogP contribution is -2.14. The fourth-order valence-corrected chi connectivity index (χ4v) is 3.61. The Bertz CT molecular complexity index is 882. The second-order valence-corrected chi connectivity index (χ2v) is 6.96. The van der Waals surface area contributed by atoms with E-state index >= 15 is 0 Å². The van der Waals surface area contributed by atoms with Gasteiger partial charge in [0.25, 0.3) is 0 Å². The number of carbonyl (C=O) groups is 1. The number of hydrogen-bond acceptors (Lipinski definition) is 5. The summed E-state index contributed by atoms with van der Waals surface area (Å²) in [5.41, 5.74) is 1.09. The molecule has 2 heterocycles. The zero-order chi connectivity index (χ0) is 16.5. The van der Waals surface area contributed by atoms with Gasteiger partial charge in [-0.1, -0.05) is 11.3 Å². The van der Waals surface area contributed by atoms with Crippen LogP contribution in [0.15, 0.2) is 30.5 Å². The Balaban J connectivity index is 1.37. The molecule has 7 heteroatoms. The molecular formula is C17H18N4O2S. The summed E-state index contributed by atoms with van der Waals surface area (Å²) in [5.74, 6) is 1.36. The molecule has 0 radical (unpaired) electrons. The molecule has 0 saturated heterocycles. The van der Waals surface area contributed by atoms with E-state index in [0.29, 0.717) is 24.0 Å². The third kappa shape index (κ3) is 3.12. The molecule has 0 unspecified atom stereocenters. The Hall–Kier alpha value is -2.41. The maximum atomic E-state index is 12.1. The van der Waals surface area contributed by atoms with Gasteiger partial charge in [-0.3, -0.25) is 4.79 Å². The SMILES string of the molecule is COc1ccc2c(ccn2CCC(=O)Nc2nnc(C3CC3)s2)c1. The molecule has 1 N–H and O–H groups in total. The number of anilines is 1. The summed E-state index contributed by atoms with van der Waals surface area (Å²) in [5, 5.41) is 13.8. The predicted octanol–water partition coefficient (Wildman–Crippen LogP) is 3.41. The van der Waals surface area contributed by atoms with Crippen LogP contribution in [0, 0.1) is 0 Å². The van der Waals surface area contributed by atoms with Crippen molar-refractivity contribution in [1.82, 2.24) is 14.8 Å².